The third-order valence-electron chi connectivity index (χ3n) is 1.49. The van der Waals surface area contributed by atoms with Crippen LogP contribution in [-0.2, 0) is 14.8 Å². The largest absolute Gasteiger partial charge is 0.379 e. The molecule has 0 saturated carbocycles. The van der Waals surface area contributed by atoms with E-state index in [0.717, 1.165) is 12.8 Å². The van der Waals surface area contributed by atoms with Crippen LogP contribution in [0.3, 0.4) is 0 Å². The van der Waals surface area contributed by atoms with Gasteiger partial charge in [-0.05, 0) is 26.7 Å². The number of hydrogen-bond acceptors (Lipinski definition) is 3. The van der Waals surface area contributed by atoms with Gasteiger partial charge in [0.1, 0.15) is 4.66 Å². The van der Waals surface area contributed by atoms with Gasteiger partial charge in [0.25, 0.3) is 0 Å². The average molecular weight is 288 g/mol. The van der Waals surface area contributed by atoms with Gasteiger partial charge >= 0.3 is 0 Å². The number of unbranched alkanes of at least 4 members (excludes halogenated alkanes) is 1. The second kappa shape index (κ2) is 7.62. The maximum atomic E-state index is 11.0. The third kappa shape index (κ3) is 8.93. The number of rotatable bonds is 8. The Morgan fingerprint density at radius 2 is 2.00 bits per heavy atom. The van der Waals surface area contributed by atoms with Gasteiger partial charge in [-0.3, -0.25) is 0 Å². The molecule has 0 aromatic rings. The lowest BCUT2D eigenvalue weighted by Gasteiger charge is -2.07. The molecular weight excluding hydrogens is 270 g/mol. The van der Waals surface area contributed by atoms with Gasteiger partial charge in [-0.2, -0.15) is 0 Å². The number of hydrogen-bond donors (Lipinski definition) is 1. The van der Waals surface area contributed by atoms with Gasteiger partial charge in [-0.1, -0.05) is 15.9 Å². The predicted molar refractivity (Wildman–Crippen MR) is 61.0 cm³/mol. The first kappa shape index (κ1) is 14.3. The van der Waals surface area contributed by atoms with Crippen LogP contribution < -0.4 is 4.72 Å². The Kier molecular flexibility index (Phi) is 7.81. The Labute approximate surface area is 94.6 Å². The van der Waals surface area contributed by atoms with Crippen LogP contribution in [0.15, 0.2) is 0 Å². The van der Waals surface area contributed by atoms with Crippen LogP contribution >= 0.6 is 15.9 Å². The van der Waals surface area contributed by atoms with Crippen molar-refractivity contribution in [2.45, 2.75) is 32.8 Å². The van der Waals surface area contributed by atoms with E-state index < -0.39 is 10.0 Å². The van der Waals surface area contributed by atoms with Crippen molar-refractivity contribution in [3.63, 3.8) is 0 Å². The molecule has 0 fully saturated rings. The summed E-state index contributed by atoms with van der Waals surface area (Å²) >= 11 is 2.90. The molecule has 0 aromatic carbocycles. The number of ether oxygens (including phenoxy) is 1. The zero-order valence-corrected chi connectivity index (χ0v) is 11.0. The van der Waals surface area contributed by atoms with Crippen LogP contribution in [-0.4, -0.2) is 32.3 Å². The smallest absolute Gasteiger partial charge is 0.221 e. The fraction of sp³-hybridized carbons (Fsp3) is 1.00. The normalized spacial score (nSPS) is 12.3. The molecule has 0 radical (unpaired) electrons. The molecule has 0 amide bonds. The second-order valence-electron chi connectivity index (χ2n) is 3.24. The van der Waals surface area contributed by atoms with E-state index in [-0.39, 0.29) is 10.8 Å². The molecule has 0 aliphatic rings. The van der Waals surface area contributed by atoms with Crippen LogP contribution in [0.25, 0.3) is 0 Å². The van der Waals surface area contributed by atoms with E-state index in [0.29, 0.717) is 13.2 Å². The van der Waals surface area contributed by atoms with Crippen molar-refractivity contribution in [1.82, 2.24) is 4.72 Å². The van der Waals surface area contributed by atoms with E-state index in [2.05, 4.69) is 20.7 Å². The van der Waals surface area contributed by atoms with Gasteiger partial charge in [0.2, 0.25) is 10.0 Å². The highest BCUT2D eigenvalue weighted by Gasteiger charge is 2.05. The van der Waals surface area contributed by atoms with Crippen LogP contribution in [0.1, 0.15) is 26.7 Å². The number of alkyl halides is 1. The van der Waals surface area contributed by atoms with Crippen LogP contribution in [0, 0.1) is 0 Å². The molecule has 1 N–H and O–H groups in total. The maximum absolute atomic E-state index is 11.0. The van der Waals surface area contributed by atoms with Crippen molar-refractivity contribution >= 4 is 26.0 Å². The van der Waals surface area contributed by atoms with Crippen LogP contribution in [0.2, 0.25) is 0 Å². The first-order chi connectivity index (χ1) is 6.48. The standard InChI is InChI=1S/C8H18BrNO3S/c1-8(2)13-6-4-3-5-10-14(11,12)7-9/h8,10H,3-7H2,1-2H3. The first-order valence-electron chi connectivity index (χ1n) is 4.63. The van der Waals surface area contributed by atoms with E-state index in [1.54, 1.807) is 0 Å². The van der Waals surface area contributed by atoms with Gasteiger partial charge in [0.15, 0.2) is 0 Å². The molecular formula is C8H18BrNO3S. The number of sulfonamides is 1. The Bertz CT molecular complexity index is 229. The zero-order chi connectivity index (χ0) is 11.0. The lowest BCUT2D eigenvalue weighted by Crippen LogP contribution is -2.25. The van der Waals surface area contributed by atoms with Crippen molar-refractivity contribution < 1.29 is 13.2 Å². The van der Waals surface area contributed by atoms with Gasteiger partial charge in [0, 0.05) is 13.2 Å². The summed E-state index contributed by atoms with van der Waals surface area (Å²) in [7, 11) is -3.10. The minimum Gasteiger partial charge on any atom is -0.379 e. The van der Waals surface area contributed by atoms with Crippen molar-refractivity contribution in [2.24, 2.45) is 0 Å². The van der Waals surface area contributed by atoms with E-state index >= 15 is 0 Å². The minimum atomic E-state index is -3.10. The lowest BCUT2D eigenvalue weighted by atomic mass is 10.3. The maximum Gasteiger partial charge on any atom is 0.221 e. The SMILES string of the molecule is CC(C)OCCCCNS(=O)(=O)CBr. The monoisotopic (exact) mass is 287 g/mol. The lowest BCUT2D eigenvalue weighted by molar-refractivity contribution is 0.0762. The summed E-state index contributed by atoms with van der Waals surface area (Å²) in [6.45, 7) is 5.13. The highest BCUT2D eigenvalue weighted by Crippen LogP contribution is 1.95. The third-order valence-corrected chi connectivity index (χ3v) is 4.23. The van der Waals surface area contributed by atoms with Crippen molar-refractivity contribution in [1.29, 1.82) is 0 Å². The molecule has 0 heterocycles. The molecule has 0 aliphatic heterocycles. The summed E-state index contributed by atoms with van der Waals surface area (Å²) in [5.41, 5.74) is 0. The molecule has 14 heavy (non-hydrogen) atoms. The minimum absolute atomic E-state index is 0.0392. The van der Waals surface area contributed by atoms with Gasteiger partial charge < -0.3 is 4.74 Å². The molecule has 0 unspecified atom stereocenters. The topological polar surface area (TPSA) is 55.4 Å². The van der Waals surface area contributed by atoms with Gasteiger partial charge in [-0.15, -0.1) is 0 Å². The number of halogens is 1. The van der Waals surface area contributed by atoms with E-state index in [1.807, 2.05) is 13.8 Å². The summed E-state index contributed by atoms with van der Waals surface area (Å²) < 4.78 is 29.6. The van der Waals surface area contributed by atoms with E-state index in [9.17, 15) is 8.42 Å². The molecule has 6 heteroatoms. The molecule has 4 nitrogen and oxygen atoms in total. The molecule has 0 rings (SSSR count). The van der Waals surface area contributed by atoms with Crippen molar-refractivity contribution in [3.05, 3.63) is 0 Å². The first-order valence-corrected chi connectivity index (χ1v) is 7.40. The molecule has 0 saturated heterocycles. The van der Waals surface area contributed by atoms with Gasteiger partial charge in [0.05, 0.1) is 6.10 Å². The summed E-state index contributed by atoms with van der Waals surface area (Å²) in [5.74, 6) is 0. The quantitative estimate of drug-likeness (QED) is 0.543. The molecule has 0 bridgehead atoms. The Hall–Kier alpha value is 0.350. The van der Waals surface area contributed by atoms with Crippen molar-refractivity contribution in [2.75, 3.05) is 17.8 Å². The van der Waals surface area contributed by atoms with Crippen LogP contribution in [0.5, 0.6) is 0 Å². The summed E-state index contributed by atoms with van der Waals surface area (Å²) in [6.07, 6.45) is 1.93. The van der Waals surface area contributed by atoms with E-state index in [4.69, 9.17) is 4.74 Å². The Morgan fingerprint density at radius 3 is 2.50 bits per heavy atom. The highest BCUT2D eigenvalue weighted by atomic mass is 79.9. The van der Waals surface area contributed by atoms with Gasteiger partial charge in [-0.25, -0.2) is 13.1 Å². The molecule has 0 atom stereocenters. The summed E-state index contributed by atoms with van der Waals surface area (Å²) in [4.78, 5) is 0. The average Bonchev–Trinajstić information content (AvgIpc) is 2.10. The molecule has 0 spiro atoms. The zero-order valence-electron chi connectivity index (χ0n) is 8.62. The highest BCUT2D eigenvalue weighted by molar-refractivity contribution is 9.10. The fourth-order valence-corrected chi connectivity index (χ4v) is 1.83. The predicted octanol–water partition coefficient (Wildman–Crippen LogP) is 1.46. The fourth-order valence-electron chi connectivity index (χ4n) is 0.812. The number of nitrogens with one attached hydrogen (secondary N) is 1. The Morgan fingerprint density at radius 1 is 1.36 bits per heavy atom. The Balaban J connectivity index is 3.31. The van der Waals surface area contributed by atoms with E-state index in [1.165, 1.54) is 0 Å². The summed E-state index contributed by atoms with van der Waals surface area (Å²) in [5, 5.41) is 0. The second-order valence-corrected chi connectivity index (χ2v) is 6.35. The molecule has 0 aliphatic carbocycles. The summed E-state index contributed by atoms with van der Waals surface area (Å²) in [6, 6.07) is 0. The van der Waals surface area contributed by atoms with Crippen LogP contribution in [0.4, 0.5) is 0 Å². The molecule has 0 aromatic heterocycles. The molecule has 86 valence electrons. The van der Waals surface area contributed by atoms with Crippen molar-refractivity contribution in [3.8, 4) is 0 Å².